The number of thiocarbonyl (C=S) groups is 1. The molecule has 26 heavy (non-hydrogen) atoms. The highest BCUT2D eigenvalue weighted by atomic mass is 32.1. The molecule has 0 aromatic heterocycles. The number of hydrogen-bond acceptors (Lipinski definition) is 4. The maximum Gasteiger partial charge on any atom is 0.270 e. The second-order valence-electron chi connectivity index (χ2n) is 5.65. The van der Waals surface area contributed by atoms with Gasteiger partial charge in [0.05, 0.1) is 12.2 Å². The fraction of sp³-hybridized carbons (Fsp3) is 0.211. The summed E-state index contributed by atoms with van der Waals surface area (Å²) in [5.74, 6) is -0.667. The van der Waals surface area contributed by atoms with Crippen molar-refractivity contribution >= 4 is 29.0 Å². The van der Waals surface area contributed by atoms with E-state index < -0.39 is 5.91 Å². The standard InChI is InChI=1S/C19H21N3O3S/c1-13(12-25-2)20-19(26)22-21-18(24)16-11-7-6-10-15(16)17(23)14-8-4-3-5-9-14/h3-11,13H,12H2,1-2H3,(H,21,24)(H2,20,22,26)/t13-/m0/s1. The van der Waals surface area contributed by atoms with Crippen molar-refractivity contribution < 1.29 is 14.3 Å². The zero-order valence-corrected chi connectivity index (χ0v) is 15.4. The van der Waals surface area contributed by atoms with E-state index in [0.717, 1.165) is 0 Å². The Bertz CT molecular complexity index is 781. The maximum absolute atomic E-state index is 12.7. The van der Waals surface area contributed by atoms with Gasteiger partial charge in [-0.15, -0.1) is 0 Å². The van der Waals surface area contributed by atoms with Gasteiger partial charge in [0.25, 0.3) is 5.91 Å². The highest BCUT2D eigenvalue weighted by Gasteiger charge is 2.18. The topological polar surface area (TPSA) is 79.5 Å². The molecule has 2 aromatic rings. The van der Waals surface area contributed by atoms with Crippen LogP contribution in [0, 0.1) is 0 Å². The smallest absolute Gasteiger partial charge is 0.270 e. The third kappa shape index (κ3) is 5.37. The van der Waals surface area contributed by atoms with E-state index in [2.05, 4.69) is 16.2 Å². The molecular formula is C19H21N3O3S. The third-order valence-electron chi connectivity index (χ3n) is 3.54. The minimum absolute atomic E-state index is 0.0103. The number of carbonyl (C=O) groups excluding carboxylic acids is 2. The molecule has 0 fully saturated rings. The first-order valence-corrected chi connectivity index (χ1v) is 8.48. The summed E-state index contributed by atoms with van der Waals surface area (Å²) in [4.78, 5) is 25.2. The van der Waals surface area contributed by atoms with Gasteiger partial charge in [0.15, 0.2) is 10.9 Å². The third-order valence-corrected chi connectivity index (χ3v) is 3.76. The van der Waals surface area contributed by atoms with Gasteiger partial charge >= 0.3 is 0 Å². The summed E-state index contributed by atoms with van der Waals surface area (Å²) in [6, 6.07) is 15.5. The van der Waals surface area contributed by atoms with Crippen LogP contribution in [-0.2, 0) is 4.74 Å². The van der Waals surface area contributed by atoms with Crippen LogP contribution in [-0.4, -0.2) is 36.6 Å². The molecule has 0 aliphatic carbocycles. The van der Waals surface area contributed by atoms with Crippen molar-refractivity contribution in [3.05, 3.63) is 71.3 Å². The van der Waals surface area contributed by atoms with Crippen LogP contribution in [0.3, 0.4) is 0 Å². The number of ketones is 1. The Morgan fingerprint density at radius 2 is 1.62 bits per heavy atom. The lowest BCUT2D eigenvalue weighted by Crippen LogP contribution is -2.50. The molecule has 7 heteroatoms. The number of hydrogen-bond donors (Lipinski definition) is 3. The zero-order chi connectivity index (χ0) is 18.9. The number of benzene rings is 2. The molecule has 0 saturated heterocycles. The lowest BCUT2D eigenvalue weighted by molar-refractivity contribution is 0.0933. The Labute approximate surface area is 157 Å². The van der Waals surface area contributed by atoms with Crippen LogP contribution >= 0.6 is 12.2 Å². The fourth-order valence-corrected chi connectivity index (χ4v) is 2.61. The predicted molar refractivity (Wildman–Crippen MR) is 104 cm³/mol. The van der Waals surface area contributed by atoms with Crippen LogP contribution < -0.4 is 16.2 Å². The first-order chi connectivity index (χ1) is 12.5. The minimum Gasteiger partial charge on any atom is -0.383 e. The molecule has 0 saturated carbocycles. The lowest BCUT2D eigenvalue weighted by atomic mass is 9.98. The van der Waals surface area contributed by atoms with Gasteiger partial charge in [0.1, 0.15) is 0 Å². The van der Waals surface area contributed by atoms with E-state index in [4.69, 9.17) is 17.0 Å². The van der Waals surface area contributed by atoms with Crippen LogP contribution in [0.4, 0.5) is 0 Å². The second-order valence-corrected chi connectivity index (χ2v) is 6.06. The molecule has 136 valence electrons. The van der Waals surface area contributed by atoms with Gasteiger partial charge in [-0.2, -0.15) is 0 Å². The van der Waals surface area contributed by atoms with E-state index in [9.17, 15) is 9.59 Å². The molecule has 3 N–H and O–H groups in total. The van der Waals surface area contributed by atoms with Crippen LogP contribution in [0.2, 0.25) is 0 Å². The molecule has 0 heterocycles. The van der Waals surface area contributed by atoms with Crippen LogP contribution in [0.15, 0.2) is 54.6 Å². The van der Waals surface area contributed by atoms with Gasteiger partial charge in [0.2, 0.25) is 0 Å². The molecular weight excluding hydrogens is 350 g/mol. The van der Waals surface area contributed by atoms with Gasteiger partial charge < -0.3 is 10.1 Å². The number of methoxy groups -OCH3 is 1. The van der Waals surface area contributed by atoms with Crippen molar-refractivity contribution in [3.63, 3.8) is 0 Å². The molecule has 6 nitrogen and oxygen atoms in total. The Hall–Kier alpha value is -2.77. The quantitative estimate of drug-likeness (QED) is 0.410. The van der Waals surface area contributed by atoms with Crippen molar-refractivity contribution in [1.29, 1.82) is 0 Å². The van der Waals surface area contributed by atoms with E-state index in [1.165, 1.54) is 0 Å². The summed E-state index contributed by atoms with van der Waals surface area (Å²) in [5.41, 5.74) is 6.25. The Balaban J connectivity index is 2.06. The SMILES string of the molecule is COC[C@H](C)NC(=S)NNC(=O)c1ccccc1C(=O)c1ccccc1. The van der Waals surface area contributed by atoms with E-state index in [1.54, 1.807) is 55.6 Å². The lowest BCUT2D eigenvalue weighted by Gasteiger charge is -2.17. The number of nitrogens with one attached hydrogen (secondary N) is 3. The average Bonchev–Trinajstić information content (AvgIpc) is 2.66. The summed E-state index contributed by atoms with van der Waals surface area (Å²) in [6.07, 6.45) is 0. The van der Waals surface area contributed by atoms with Crippen molar-refractivity contribution in [2.24, 2.45) is 0 Å². The molecule has 0 unspecified atom stereocenters. The largest absolute Gasteiger partial charge is 0.383 e. The van der Waals surface area contributed by atoms with E-state index >= 15 is 0 Å². The first-order valence-electron chi connectivity index (χ1n) is 8.07. The summed E-state index contributed by atoms with van der Waals surface area (Å²) in [5, 5.41) is 3.22. The molecule has 0 spiro atoms. The number of carbonyl (C=O) groups is 2. The normalized spacial score (nSPS) is 11.3. The Kier molecular flexibility index (Phi) is 7.25. The van der Waals surface area contributed by atoms with Crippen molar-refractivity contribution in [2.75, 3.05) is 13.7 Å². The van der Waals surface area contributed by atoms with Gasteiger partial charge in [-0.3, -0.25) is 20.4 Å². The van der Waals surface area contributed by atoms with Crippen LogP contribution in [0.5, 0.6) is 0 Å². The zero-order valence-electron chi connectivity index (χ0n) is 14.6. The molecule has 0 aliphatic rings. The number of amides is 1. The molecule has 1 atom stereocenters. The summed E-state index contributed by atoms with van der Waals surface area (Å²) in [6.45, 7) is 2.37. The average molecular weight is 371 g/mol. The van der Waals surface area contributed by atoms with Crippen LogP contribution in [0.1, 0.15) is 33.2 Å². The summed E-state index contributed by atoms with van der Waals surface area (Å²) >= 11 is 5.11. The van der Waals surface area contributed by atoms with Crippen molar-refractivity contribution in [2.45, 2.75) is 13.0 Å². The van der Waals surface area contributed by atoms with E-state index in [1.807, 2.05) is 13.0 Å². The van der Waals surface area contributed by atoms with Gasteiger partial charge in [0, 0.05) is 24.3 Å². The Morgan fingerprint density at radius 1 is 1.00 bits per heavy atom. The summed E-state index contributed by atoms with van der Waals surface area (Å²) < 4.78 is 5.01. The number of ether oxygens (including phenoxy) is 1. The molecule has 0 aliphatic heterocycles. The van der Waals surface area contributed by atoms with Crippen LogP contribution in [0.25, 0.3) is 0 Å². The molecule has 2 aromatic carbocycles. The predicted octanol–water partition coefficient (Wildman–Crippen LogP) is 2.06. The first kappa shape index (κ1) is 19.6. The van der Waals surface area contributed by atoms with E-state index in [-0.39, 0.29) is 22.5 Å². The van der Waals surface area contributed by atoms with Gasteiger partial charge in [-0.1, -0.05) is 48.5 Å². The number of rotatable bonds is 6. The molecule has 1 amide bonds. The highest BCUT2D eigenvalue weighted by molar-refractivity contribution is 7.80. The van der Waals surface area contributed by atoms with E-state index in [0.29, 0.717) is 17.7 Å². The summed E-state index contributed by atoms with van der Waals surface area (Å²) in [7, 11) is 1.59. The molecule has 2 rings (SSSR count). The minimum atomic E-state index is -0.451. The van der Waals surface area contributed by atoms with Crippen molar-refractivity contribution in [3.8, 4) is 0 Å². The maximum atomic E-state index is 12.7. The van der Waals surface area contributed by atoms with Gasteiger partial charge in [-0.05, 0) is 25.2 Å². The number of hydrazine groups is 1. The monoisotopic (exact) mass is 371 g/mol. The molecule has 0 bridgehead atoms. The Morgan fingerprint density at radius 3 is 2.27 bits per heavy atom. The molecule has 0 radical (unpaired) electrons. The second kappa shape index (κ2) is 9.65. The highest BCUT2D eigenvalue weighted by Crippen LogP contribution is 2.14. The van der Waals surface area contributed by atoms with Gasteiger partial charge in [-0.25, -0.2) is 0 Å². The fourth-order valence-electron chi connectivity index (χ4n) is 2.36. The van der Waals surface area contributed by atoms with Crippen molar-refractivity contribution in [1.82, 2.24) is 16.2 Å².